The summed E-state index contributed by atoms with van der Waals surface area (Å²) in [6.45, 7) is 5.70. The highest BCUT2D eigenvalue weighted by Gasteiger charge is 2.22. The minimum atomic E-state index is -0.607. The van der Waals surface area contributed by atoms with Gasteiger partial charge in [-0.15, -0.1) is 0 Å². The summed E-state index contributed by atoms with van der Waals surface area (Å²) in [6, 6.07) is 10.6. The van der Waals surface area contributed by atoms with Crippen LogP contribution >= 0.6 is 11.6 Å². The lowest BCUT2D eigenvalue weighted by Crippen LogP contribution is -2.39. The predicted molar refractivity (Wildman–Crippen MR) is 107 cm³/mol. The Balaban J connectivity index is 2.12. The first-order chi connectivity index (χ1) is 12.9. The first-order valence-electron chi connectivity index (χ1n) is 8.84. The Morgan fingerprint density at radius 2 is 1.81 bits per heavy atom. The molecule has 5 nitrogen and oxygen atoms in total. The molecule has 0 saturated carbocycles. The van der Waals surface area contributed by atoms with Crippen molar-refractivity contribution in [3.63, 3.8) is 0 Å². The number of halogens is 1. The Labute approximate surface area is 165 Å². The molecule has 0 aliphatic heterocycles. The minimum Gasteiger partial charge on any atom is -0.497 e. The maximum absolute atomic E-state index is 12.7. The number of rotatable bonds is 8. The van der Waals surface area contributed by atoms with Crippen LogP contribution in [0.1, 0.15) is 37.4 Å². The summed E-state index contributed by atoms with van der Waals surface area (Å²) >= 11 is 6.05. The zero-order valence-corrected chi connectivity index (χ0v) is 17.1. The van der Waals surface area contributed by atoms with Gasteiger partial charge < -0.3 is 19.5 Å². The van der Waals surface area contributed by atoms with Crippen LogP contribution in [0.3, 0.4) is 0 Å². The number of nitrogens with one attached hydrogen (secondary N) is 1. The molecular formula is C21H26ClNO4. The van der Waals surface area contributed by atoms with Crippen molar-refractivity contribution in [2.75, 3.05) is 14.2 Å². The lowest BCUT2D eigenvalue weighted by Gasteiger charge is -2.22. The molecule has 0 aromatic heterocycles. The van der Waals surface area contributed by atoms with E-state index >= 15 is 0 Å². The zero-order chi connectivity index (χ0) is 20.0. The molecule has 0 aliphatic rings. The van der Waals surface area contributed by atoms with Crippen LogP contribution in [-0.4, -0.2) is 26.2 Å². The molecule has 0 bridgehead atoms. The van der Waals surface area contributed by atoms with Crippen LogP contribution in [0.2, 0.25) is 5.02 Å². The number of carbonyl (C=O) groups excluding carboxylic acids is 1. The summed E-state index contributed by atoms with van der Waals surface area (Å²) < 4.78 is 16.6. The largest absolute Gasteiger partial charge is 0.497 e. The van der Waals surface area contributed by atoms with E-state index in [0.29, 0.717) is 28.7 Å². The molecular weight excluding hydrogens is 366 g/mol. The van der Waals surface area contributed by atoms with Crippen LogP contribution in [0.25, 0.3) is 0 Å². The molecule has 0 heterocycles. The Hall–Kier alpha value is -2.40. The first-order valence-corrected chi connectivity index (χ1v) is 9.22. The number of methoxy groups -OCH3 is 2. The van der Waals surface area contributed by atoms with Crippen LogP contribution in [-0.2, 0) is 4.79 Å². The Morgan fingerprint density at radius 3 is 2.41 bits per heavy atom. The predicted octanol–water partition coefficient (Wildman–Crippen LogP) is 4.70. The van der Waals surface area contributed by atoms with Crippen LogP contribution in [0.5, 0.6) is 17.2 Å². The van der Waals surface area contributed by atoms with E-state index in [-0.39, 0.29) is 11.9 Å². The highest BCUT2D eigenvalue weighted by molar-refractivity contribution is 6.31. The molecule has 0 radical (unpaired) electrons. The van der Waals surface area contributed by atoms with Gasteiger partial charge in [-0.1, -0.05) is 18.5 Å². The number of aryl methyl sites for hydroxylation is 1. The topological polar surface area (TPSA) is 56.8 Å². The highest BCUT2D eigenvalue weighted by atomic mass is 35.5. The molecule has 1 amide bonds. The molecule has 2 atom stereocenters. The molecule has 2 rings (SSSR count). The van der Waals surface area contributed by atoms with Crippen molar-refractivity contribution >= 4 is 17.5 Å². The number of benzene rings is 2. The van der Waals surface area contributed by atoms with Crippen molar-refractivity contribution < 1.29 is 19.0 Å². The van der Waals surface area contributed by atoms with E-state index in [1.165, 1.54) is 0 Å². The molecule has 0 saturated heterocycles. The van der Waals surface area contributed by atoms with E-state index in [2.05, 4.69) is 5.32 Å². The van der Waals surface area contributed by atoms with Crippen LogP contribution in [0, 0.1) is 6.92 Å². The number of carbonyl (C=O) groups is 1. The second kappa shape index (κ2) is 9.51. The maximum Gasteiger partial charge on any atom is 0.261 e. The fourth-order valence-corrected chi connectivity index (χ4v) is 2.86. The number of amides is 1. The molecule has 6 heteroatoms. The number of hydrogen-bond acceptors (Lipinski definition) is 4. The van der Waals surface area contributed by atoms with Gasteiger partial charge in [-0.05, 0) is 62.2 Å². The SMILES string of the molecule is CCC(Oc1ccc(Cl)c(C)c1)C(=O)NC(C)c1cc(OC)ccc1OC. The third-order valence-electron chi connectivity index (χ3n) is 4.33. The molecule has 2 unspecified atom stereocenters. The average molecular weight is 392 g/mol. The molecule has 0 spiro atoms. The third-order valence-corrected chi connectivity index (χ3v) is 4.76. The maximum atomic E-state index is 12.7. The summed E-state index contributed by atoms with van der Waals surface area (Å²) in [5.74, 6) is 1.81. The summed E-state index contributed by atoms with van der Waals surface area (Å²) in [5.41, 5.74) is 1.74. The standard InChI is InChI=1S/C21H26ClNO4/c1-6-19(27-16-7-9-18(22)13(2)11-16)21(24)23-14(3)17-12-15(25-4)8-10-20(17)26-5/h7-12,14,19H,6H2,1-5H3,(H,23,24). The zero-order valence-electron chi connectivity index (χ0n) is 16.3. The molecule has 2 aromatic rings. The Kier molecular flexibility index (Phi) is 7.36. The van der Waals surface area contributed by atoms with Crippen molar-refractivity contribution in [1.82, 2.24) is 5.32 Å². The van der Waals surface area contributed by atoms with E-state index in [1.54, 1.807) is 26.4 Å². The van der Waals surface area contributed by atoms with Gasteiger partial charge in [0.2, 0.25) is 0 Å². The average Bonchev–Trinajstić information content (AvgIpc) is 2.67. The van der Waals surface area contributed by atoms with Crippen LogP contribution in [0.4, 0.5) is 0 Å². The lowest BCUT2D eigenvalue weighted by molar-refractivity contribution is -0.128. The summed E-state index contributed by atoms with van der Waals surface area (Å²) in [7, 11) is 3.20. The van der Waals surface area contributed by atoms with Gasteiger partial charge in [0.15, 0.2) is 6.10 Å². The third kappa shape index (κ3) is 5.30. The van der Waals surface area contributed by atoms with Crippen molar-refractivity contribution in [3.8, 4) is 17.2 Å². The van der Waals surface area contributed by atoms with Crippen molar-refractivity contribution in [3.05, 3.63) is 52.5 Å². The normalized spacial score (nSPS) is 12.8. The second-order valence-electron chi connectivity index (χ2n) is 6.26. The van der Waals surface area contributed by atoms with Gasteiger partial charge in [0.25, 0.3) is 5.91 Å². The summed E-state index contributed by atoms with van der Waals surface area (Å²) in [6.07, 6.45) is -0.0697. The fraction of sp³-hybridized carbons (Fsp3) is 0.381. The smallest absolute Gasteiger partial charge is 0.261 e. The van der Waals surface area contributed by atoms with Crippen molar-refractivity contribution in [2.45, 2.75) is 39.3 Å². The van der Waals surface area contributed by atoms with E-state index in [1.807, 2.05) is 45.0 Å². The van der Waals surface area contributed by atoms with E-state index in [9.17, 15) is 4.79 Å². The molecule has 0 aliphatic carbocycles. The molecule has 2 aromatic carbocycles. The van der Waals surface area contributed by atoms with Gasteiger partial charge in [0.1, 0.15) is 17.2 Å². The Bertz CT molecular complexity index is 794. The van der Waals surface area contributed by atoms with Crippen molar-refractivity contribution in [2.24, 2.45) is 0 Å². The Morgan fingerprint density at radius 1 is 1.11 bits per heavy atom. The minimum absolute atomic E-state index is 0.192. The van der Waals surface area contributed by atoms with Gasteiger partial charge in [-0.25, -0.2) is 0 Å². The van der Waals surface area contributed by atoms with Gasteiger partial charge in [0.05, 0.1) is 20.3 Å². The van der Waals surface area contributed by atoms with Gasteiger partial charge in [-0.3, -0.25) is 4.79 Å². The van der Waals surface area contributed by atoms with E-state index in [4.69, 9.17) is 25.8 Å². The fourth-order valence-electron chi connectivity index (χ4n) is 2.74. The summed E-state index contributed by atoms with van der Waals surface area (Å²) in [5, 5.41) is 3.66. The van der Waals surface area contributed by atoms with Gasteiger partial charge in [0, 0.05) is 10.6 Å². The summed E-state index contributed by atoms with van der Waals surface area (Å²) in [4.78, 5) is 12.7. The van der Waals surface area contributed by atoms with Crippen molar-refractivity contribution in [1.29, 1.82) is 0 Å². The van der Waals surface area contributed by atoms with Crippen LogP contribution < -0.4 is 19.5 Å². The number of hydrogen-bond donors (Lipinski definition) is 1. The molecule has 146 valence electrons. The van der Waals surface area contributed by atoms with E-state index < -0.39 is 6.10 Å². The van der Waals surface area contributed by atoms with Crippen LogP contribution in [0.15, 0.2) is 36.4 Å². The quantitative estimate of drug-likeness (QED) is 0.708. The monoisotopic (exact) mass is 391 g/mol. The molecule has 0 fully saturated rings. The van der Waals surface area contributed by atoms with Gasteiger partial charge in [-0.2, -0.15) is 0 Å². The highest BCUT2D eigenvalue weighted by Crippen LogP contribution is 2.29. The lowest BCUT2D eigenvalue weighted by atomic mass is 10.1. The first kappa shape index (κ1) is 20.9. The molecule has 1 N–H and O–H groups in total. The van der Waals surface area contributed by atoms with E-state index in [0.717, 1.165) is 11.1 Å². The molecule has 27 heavy (non-hydrogen) atoms. The second-order valence-corrected chi connectivity index (χ2v) is 6.67. The number of ether oxygens (including phenoxy) is 3. The van der Waals surface area contributed by atoms with Gasteiger partial charge >= 0.3 is 0 Å².